The molecule has 0 aromatic heterocycles. The molecule has 96 valence electrons. The Morgan fingerprint density at radius 2 is 1.71 bits per heavy atom. The minimum atomic E-state index is -0.791. The first-order valence-electron chi connectivity index (χ1n) is 6.05. The van der Waals surface area contributed by atoms with Crippen molar-refractivity contribution in [2.75, 3.05) is 13.2 Å². The molecule has 0 bridgehead atoms. The van der Waals surface area contributed by atoms with Crippen molar-refractivity contribution in [3.63, 3.8) is 0 Å². The van der Waals surface area contributed by atoms with Gasteiger partial charge in [0.05, 0.1) is 13.2 Å². The summed E-state index contributed by atoms with van der Waals surface area (Å²) in [6.07, 6.45) is 4.09. The average molecular weight is 240 g/mol. The summed E-state index contributed by atoms with van der Waals surface area (Å²) in [4.78, 5) is 23.7. The van der Waals surface area contributed by atoms with Crippen molar-refractivity contribution in [3.05, 3.63) is 12.7 Å². The minimum absolute atomic E-state index is 0.277. The van der Waals surface area contributed by atoms with Gasteiger partial charge in [0.15, 0.2) is 5.92 Å². The lowest BCUT2D eigenvalue weighted by atomic mass is 9.86. The molecule has 4 heteroatoms. The molecular weight excluding hydrogens is 220 g/mol. The lowest BCUT2D eigenvalue weighted by Gasteiger charge is -2.22. The number of esters is 2. The Kier molecular flexibility index (Phi) is 4.73. The molecule has 0 amide bonds. The van der Waals surface area contributed by atoms with Gasteiger partial charge in [-0.2, -0.15) is 0 Å². The van der Waals surface area contributed by atoms with Crippen LogP contribution < -0.4 is 0 Å². The normalized spacial score (nSPS) is 16.4. The maximum atomic E-state index is 11.9. The molecule has 0 heterocycles. The molecular formula is C13H20O4. The molecule has 0 unspecified atom stereocenters. The van der Waals surface area contributed by atoms with Gasteiger partial charge in [-0.3, -0.25) is 9.59 Å². The number of carbonyl (C=O) groups excluding carboxylic acids is 2. The molecule has 1 aliphatic rings. The number of hydrogen-bond acceptors (Lipinski definition) is 4. The van der Waals surface area contributed by atoms with Gasteiger partial charge in [0, 0.05) is 0 Å². The first-order valence-corrected chi connectivity index (χ1v) is 6.05. The summed E-state index contributed by atoms with van der Waals surface area (Å²) in [5.41, 5.74) is -0.305. The maximum Gasteiger partial charge on any atom is 0.320 e. The van der Waals surface area contributed by atoms with Crippen LogP contribution in [0.15, 0.2) is 12.7 Å². The van der Waals surface area contributed by atoms with E-state index < -0.39 is 17.9 Å². The van der Waals surface area contributed by atoms with Gasteiger partial charge in [-0.05, 0) is 38.5 Å². The van der Waals surface area contributed by atoms with Gasteiger partial charge in [-0.15, -0.1) is 6.58 Å². The van der Waals surface area contributed by atoms with Gasteiger partial charge in [-0.25, -0.2) is 0 Å². The summed E-state index contributed by atoms with van der Waals surface area (Å²) in [5, 5.41) is 0. The highest BCUT2D eigenvalue weighted by molar-refractivity contribution is 5.96. The highest BCUT2D eigenvalue weighted by atomic mass is 16.6. The van der Waals surface area contributed by atoms with Crippen LogP contribution in [-0.2, 0) is 19.1 Å². The van der Waals surface area contributed by atoms with Crippen molar-refractivity contribution in [1.82, 2.24) is 0 Å². The lowest BCUT2D eigenvalue weighted by molar-refractivity contribution is -0.165. The van der Waals surface area contributed by atoms with Gasteiger partial charge in [0.1, 0.15) is 0 Å². The zero-order valence-corrected chi connectivity index (χ0v) is 10.5. The van der Waals surface area contributed by atoms with Gasteiger partial charge in [0.2, 0.25) is 0 Å². The molecule has 0 aliphatic heterocycles. The van der Waals surface area contributed by atoms with Crippen LogP contribution in [0.1, 0.15) is 33.1 Å². The SMILES string of the molecule is C=CCC1(C(C(=O)OCC)C(=O)OCC)CC1. The molecule has 0 atom stereocenters. The molecule has 17 heavy (non-hydrogen) atoms. The molecule has 0 aromatic rings. The van der Waals surface area contributed by atoms with Crippen LogP contribution in [-0.4, -0.2) is 25.2 Å². The molecule has 4 nitrogen and oxygen atoms in total. The van der Waals surface area contributed by atoms with E-state index in [2.05, 4.69) is 6.58 Å². The minimum Gasteiger partial charge on any atom is -0.465 e. The first-order chi connectivity index (χ1) is 8.11. The number of ether oxygens (including phenoxy) is 2. The van der Waals surface area contributed by atoms with Crippen LogP contribution in [0.3, 0.4) is 0 Å². The molecule has 0 spiro atoms. The fraction of sp³-hybridized carbons (Fsp3) is 0.692. The summed E-state index contributed by atoms with van der Waals surface area (Å²) in [6, 6.07) is 0. The van der Waals surface area contributed by atoms with Crippen molar-refractivity contribution < 1.29 is 19.1 Å². The van der Waals surface area contributed by atoms with Crippen LogP contribution in [0.4, 0.5) is 0 Å². The third kappa shape index (κ3) is 3.08. The monoisotopic (exact) mass is 240 g/mol. The Hall–Kier alpha value is -1.32. The largest absolute Gasteiger partial charge is 0.465 e. The van der Waals surface area contributed by atoms with E-state index in [4.69, 9.17) is 9.47 Å². The van der Waals surface area contributed by atoms with E-state index in [1.54, 1.807) is 19.9 Å². The first kappa shape index (κ1) is 13.7. The Bertz CT molecular complexity index is 287. The lowest BCUT2D eigenvalue weighted by Crippen LogP contribution is -2.35. The quantitative estimate of drug-likeness (QED) is 0.388. The molecule has 0 aromatic carbocycles. The fourth-order valence-electron chi connectivity index (χ4n) is 2.11. The van der Waals surface area contributed by atoms with Gasteiger partial charge in [0.25, 0.3) is 0 Å². The third-order valence-electron chi connectivity index (χ3n) is 3.10. The number of rotatable bonds is 7. The Balaban J connectivity index is 2.82. The van der Waals surface area contributed by atoms with Crippen LogP contribution in [0.25, 0.3) is 0 Å². The molecule has 0 N–H and O–H groups in total. The van der Waals surface area contributed by atoms with E-state index in [-0.39, 0.29) is 18.6 Å². The summed E-state index contributed by atoms with van der Waals surface area (Å²) in [5.74, 6) is -1.73. The predicted octanol–water partition coefficient (Wildman–Crippen LogP) is 2.09. The number of hydrogen-bond donors (Lipinski definition) is 0. The standard InChI is InChI=1S/C13H20O4/c1-4-7-13(8-9-13)10(11(14)16-5-2)12(15)17-6-3/h4,10H,1,5-9H2,2-3H3. The predicted molar refractivity (Wildman–Crippen MR) is 63.2 cm³/mol. The van der Waals surface area contributed by atoms with E-state index in [0.717, 1.165) is 12.8 Å². The van der Waals surface area contributed by atoms with Crippen LogP contribution in [0.5, 0.6) is 0 Å². The fourth-order valence-corrected chi connectivity index (χ4v) is 2.11. The van der Waals surface area contributed by atoms with Crippen molar-refractivity contribution in [2.24, 2.45) is 11.3 Å². The zero-order valence-electron chi connectivity index (χ0n) is 10.5. The smallest absolute Gasteiger partial charge is 0.320 e. The molecule has 0 saturated heterocycles. The highest BCUT2D eigenvalue weighted by Gasteiger charge is 2.56. The van der Waals surface area contributed by atoms with Crippen LogP contribution in [0, 0.1) is 11.3 Å². The molecule has 1 fully saturated rings. The molecule has 1 aliphatic carbocycles. The van der Waals surface area contributed by atoms with Crippen molar-refractivity contribution in [3.8, 4) is 0 Å². The number of carbonyl (C=O) groups is 2. The molecule has 0 radical (unpaired) electrons. The number of allylic oxidation sites excluding steroid dienone is 1. The highest BCUT2D eigenvalue weighted by Crippen LogP contribution is 2.55. The Labute approximate surface area is 102 Å². The van der Waals surface area contributed by atoms with Crippen LogP contribution >= 0.6 is 0 Å². The molecule has 1 saturated carbocycles. The molecule has 1 rings (SSSR count). The average Bonchev–Trinajstić information content (AvgIpc) is 3.00. The van der Waals surface area contributed by atoms with E-state index >= 15 is 0 Å². The van der Waals surface area contributed by atoms with Gasteiger partial charge in [-0.1, -0.05) is 6.08 Å². The maximum absolute atomic E-state index is 11.9. The summed E-state index contributed by atoms with van der Waals surface area (Å²) >= 11 is 0. The van der Waals surface area contributed by atoms with E-state index in [1.807, 2.05) is 0 Å². The van der Waals surface area contributed by atoms with Crippen LogP contribution in [0.2, 0.25) is 0 Å². The third-order valence-corrected chi connectivity index (χ3v) is 3.10. The zero-order chi connectivity index (χ0) is 12.9. The van der Waals surface area contributed by atoms with Crippen molar-refractivity contribution in [2.45, 2.75) is 33.1 Å². The van der Waals surface area contributed by atoms with Crippen molar-refractivity contribution in [1.29, 1.82) is 0 Å². The Morgan fingerprint density at radius 3 is 2.00 bits per heavy atom. The summed E-state index contributed by atoms with van der Waals surface area (Å²) in [7, 11) is 0. The van der Waals surface area contributed by atoms with Gasteiger partial charge >= 0.3 is 11.9 Å². The van der Waals surface area contributed by atoms with E-state index in [0.29, 0.717) is 6.42 Å². The van der Waals surface area contributed by atoms with E-state index in [9.17, 15) is 9.59 Å². The topological polar surface area (TPSA) is 52.6 Å². The Morgan fingerprint density at radius 1 is 1.24 bits per heavy atom. The van der Waals surface area contributed by atoms with Crippen molar-refractivity contribution >= 4 is 11.9 Å². The summed E-state index contributed by atoms with van der Waals surface area (Å²) < 4.78 is 9.94. The second-order valence-corrected chi connectivity index (χ2v) is 4.29. The van der Waals surface area contributed by atoms with E-state index in [1.165, 1.54) is 0 Å². The second-order valence-electron chi connectivity index (χ2n) is 4.29. The second kappa shape index (κ2) is 5.84. The summed E-state index contributed by atoms with van der Waals surface area (Å²) in [6.45, 7) is 7.69. The van der Waals surface area contributed by atoms with Gasteiger partial charge < -0.3 is 9.47 Å².